The summed E-state index contributed by atoms with van der Waals surface area (Å²) in [6, 6.07) is 0. The lowest BCUT2D eigenvalue weighted by Gasteiger charge is -2.38. The highest BCUT2D eigenvalue weighted by atomic mass is 16.5. The highest BCUT2D eigenvalue weighted by Gasteiger charge is 2.42. The van der Waals surface area contributed by atoms with Crippen LogP contribution in [0.15, 0.2) is 0 Å². The zero-order valence-electron chi connectivity index (χ0n) is 13.0. The maximum absolute atomic E-state index is 12.3. The Morgan fingerprint density at radius 1 is 0.882 bits per heavy atom. The SMILES string of the molecule is CC(C)C(OC(=O)C(C)(C)C(C)(C)C)C(C)C. The van der Waals surface area contributed by atoms with Gasteiger partial charge in [-0.1, -0.05) is 48.5 Å². The lowest BCUT2D eigenvalue weighted by Crippen LogP contribution is -2.42. The van der Waals surface area contributed by atoms with Crippen LogP contribution in [-0.2, 0) is 9.53 Å². The summed E-state index contributed by atoms with van der Waals surface area (Å²) >= 11 is 0. The Morgan fingerprint density at radius 3 is 1.47 bits per heavy atom. The van der Waals surface area contributed by atoms with Gasteiger partial charge in [-0.2, -0.15) is 0 Å². The second-order valence-electron chi connectivity index (χ2n) is 7.23. The average Bonchev–Trinajstić information content (AvgIpc) is 2.10. The predicted molar refractivity (Wildman–Crippen MR) is 72.8 cm³/mol. The number of carbonyl (C=O) groups excluding carboxylic acids is 1. The Morgan fingerprint density at radius 2 is 1.24 bits per heavy atom. The molecule has 0 rings (SSSR count). The average molecular weight is 242 g/mol. The molecular formula is C15H30O2. The predicted octanol–water partition coefficient (Wildman–Crippen LogP) is 4.28. The van der Waals surface area contributed by atoms with Gasteiger partial charge in [0.1, 0.15) is 6.10 Å². The summed E-state index contributed by atoms with van der Waals surface area (Å²) in [6.07, 6.45) is 0.00382. The molecule has 0 saturated heterocycles. The van der Waals surface area contributed by atoms with E-state index in [0.29, 0.717) is 11.8 Å². The van der Waals surface area contributed by atoms with E-state index in [9.17, 15) is 4.79 Å². The van der Waals surface area contributed by atoms with Crippen LogP contribution in [0.1, 0.15) is 62.3 Å². The molecular weight excluding hydrogens is 212 g/mol. The van der Waals surface area contributed by atoms with E-state index in [2.05, 4.69) is 48.5 Å². The molecule has 0 N–H and O–H groups in total. The Kier molecular flexibility index (Phi) is 5.24. The summed E-state index contributed by atoms with van der Waals surface area (Å²) in [7, 11) is 0. The van der Waals surface area contributed by atoms with Gasteiger partial charge in [-0.25, -0.2) is 0 Å². The molecule has 0 bridgehead atoms. The molecule has 0 aliphatic carbocycles. The molecule has 0 amide bonds. The summed E-state index contributed by atoms with van der Waals surface area (Å²) in [6.45, 7) is 18.6. The van der Waals surface area contributed by atoms with Crippen LogP contribution in [0.25, 0.3) is 0 Å². The minimum Gasteiger partial charge on any atom is -0.461 e. The number of carbonyl (C=O) groups is 1. The highest BCUT2D eigenvalue weighted by molar-refractivity contribution is 5.77. The molecule has 0 aliphatic rings. The smallest absolute Gasteiger partial charge is 0.312 e. The second kappa shape index (κ2) is 5.41. The molecule has 0 atom stereocenters. The molecule has 0 heterocycles. The zero-order valence-corrected chi connectivity index (χ0v) is 13.0. The number of hydrogen-bond donors (Lipinski definition) is 0. The molecule has 0 aromatic heterocycles. The normalized spacial score (nSPS) is 13.6. The zero-order chi connectivity index (χ0) is 14.0. The van der Waals surface area contributed by atoms with Gasteiger partial charge in [0, 0.05) is 0 Å². The number of hydrogen-bond acceptors (Lipinski definition) is 2. The van der Waals surface area contributed by atoms with Crippen LogP contribution in [0, 0.1) is 22.7 Å². The van der Waals surface area contributed by atoms with Crippen LogP contribution in [0.5, 0.6) is 0 Å². The molecule has 0 spiro atoms. The van der Waals surface area contributed by atoms with Crippen molar-refractivity contribution in [3.63, 3.8) is 0 Å². The summed E-state index contributed by atoms with van der Waals surface area (Å²) in [5.41, 5.74) is -0.558. The third-order valence-corrected chi connectivity index (χ3v) is 3.94. The maximum Gasteiger partial charge on any atom is 0.312 e. The van der Waals surface area contributed by atoms with E-state index < -0.39 is 5.41 Å². The quantitative estimate of drug-likeness (QED) is 0.688. The van der Waals surface area contributed by atoms with Gasteiger partial charge >= 0.3 is 5.97 Å². The molecule has 0 fully saturated rings. The van der Waals surface area contributed by atoms with Crippen molar-refractivity contribution in [2.75, 3.05) is 0 Å². The van der Waals surface area contributed by atoms with E-state index in [1.807, 2.05) is 13.8 Å². The van der Waals surface area contributed by atoms with E-state index in [-0.39, 0.29) is 17.5 Å². The second-order valence-corrected chi connectivity index (χ2v) is 7.23. The molecule has 102 valence electrons. The lowest BCUT2D eigenvalue weighted by molar-refractivity contribution is -0.171. The first kappa shape index (κ1) is 16.5. The molecule has 0 saturated carbocycles. The van der Waals surface area contributed by atoms with Gasteiger partial charge < -0.3 is 4.74 Å². The summed E-state index contributed by atoms with van der Waals surface area (Å²) < 4.78 is 5.73. The molecule has 0 aromatic rings. The Labute approximate surface area is 107 Å². The minimum absolute atomic E-state index is 0.00382. The van der Waals surface area contributed by atoms with Gasteiger partial charge in [0.25, 0.3) is 0 Å². The minimum atomic E-state index is -0.463. The monoisotopic (exact) mass is 242 g/mol. The highest BCUT2D eigenvalue weighted by Crippen LogP contribution is 2.39. The maximum atomic E-state index is 12.3. The number of rotatable bonds is 4. The third-order valence-electron chi connectivity index (χ3n) is 3.94. The summed E-state index contributed by atoms with van der Waals surface area (Å²) in [5.74, 6) is 0.627. The van der Waals surface area contributed by atoms with Gasteiger partial charge in [0.15, 0.2) is 0 Å². The fourth-order valence-corrected chi connectivity index (χ4v) is 1.62. The van der Waals surface area contributed by atoms with Gasteiger partial charge in [0.05, 0.1) is 5.41 Å². The standard InChI is InChI=1S/C15H30O2/c1-10(2)12(11(3)4)17-13(16)15(8,9)14(5,6)7/h10-12H,1-9H3. The van der Waals surface area contributed by atoms with Gasteiger partial charge in [0.2, 0.25) is 0 Å². The number of esters is 1. The molecule has 2 nitrogen and oxygen atoms in total. The van der Waals surface area contributed by atoms with Crippen molar-refractivity contribution in [2.45, 2.75) is 68.4 Å². The van der Waals surface area contributed by atoms with Crippen LogP contribution in [0.4, 0.5) is 0 Å². The molecule has 0 aromatic carbocycles. The van der Waals surface area contributed by atoms with Crippen molar-refractivity contribution < 1.29 is 9.53 Å². The summed E-state index contributed by atoms with van der Waals surface area (Å²) in [4.78, 5) is 12.3. The summed E-state index contributed by atoms with van der Waals surface area (Å²) in [5, 5.41) is 0. The van der Waals surface area contributed by atoms with Crippen LogP contribution < -0.4 is 0 Å². The van der Waals surface area contributed by atoms with Crippen molar-refractivity contribution in [3.05, 3.63) is 0 Å². The third kappa shape index (κ3) is 4.01. The lowest BCUT2D eigenvalue weighted by atomic mass is 9.69. The van der Waals surface area contributed by atoms with Gasteiger partial charge in [-0.05, 0) is 31.1 Å². The van der Waals surface area contributed by atoms with Crippen molar-refractivity contribution in [1.29, 1.82) is 0 Å². The van der Waals surface area contributed by atoms with Crippen molar-refractivity contribution >= 4 is 5.97 Å². The van der Waals surface area contributed by atoms with E-state index >= 15 is 0 Å². The fraction of sp³-hybridized carbons (Fsp3) is 0.933. The van der Waals surface area contributed by atoms with Gasteiger partial charge in [-0.15, -0.1) is 0 Å². The van der Waals surface area contributed by atoms with Crippen LogP contribution in [0.2, 0.25) is 0 Å². The van der Waals surface area contributed by atoms with E-state index in [1.165, 1.54) is 0 Å². The number of ether oxygens (including phenoxy) is 1. The van der Waals surface area contributed by atoms with Crippen molar-refractivity contribution in [2.24, 2.45) is 22.7 Å². The Balaban J connectivity index is 4.85. The van der Waals surface area contributed by atoms with E-state index in [1.54, 1.807) is 0 Å². The Bertz CT molecular complexity index is 249. The first-order valence-electron chi connectivity index (χ1n) is 6.62. The van der Waals surface area contributed by atoms with E-state index in [4.69, 9.17) is 4.74 Å². The van der Waals surface area contributed by atoms with E-state index in [0.717, 1.165) is 0 Å². The molecule has 0 aliphatic heterocycles. The van der Waals surface area contributed by atoms with Crippen LogP contribution >= 0.6 is 0 Å². The van der Waals surface area contributed by atoms with Crippen LogP contribution in [0.3, 0.4) is 0 Å². The largest absolute Gasteiger partial charge is 0.461 e. The Hall–Kier alpha value is -0.530. The fourth-order valence-electron chi connectivity index (χ4n) is 1.62. The van der Waals surface area contributed by atoms with Crippen LogP contribution in [-0.4, -0.2) is 12.1 Å². The molecule has 0 unspecified atom stereocenters. The first-order chi connectivity index (χ1) is 7.41. The van der Waals surface area contributed by atoms with Crippen molar-refractivity contribution in [3.8, 4) is 0 Å². The van der Waals surface area contributed by atoms with Crippen molar-refractivity contribution in [1.82, 2.24) is 0 Å². The molecule has 17 heavy (non-hydrogen) atoms. The molecule has 0 radical (unpaired) electrons. The first-order valence-corrected chi connectivity index (χ1v) is 6.62. The topological polar surface area (TPSA) is 26.3 Å². The molecule has 2 heteroatoms. The van der Waals surface area contributed by atoms with Gasteiger partial charge in [-0.3, -0.25) is 4.79 Å².